The molecular formula is C4H5Cl2F. The molecule has 0 spiro atoms. The van der Waals surface area contributed by atoms with Crippen molar-refractivity contribution in [1.82, 2.24) is 0 Å². The standard InChI is InChI=1S/C4H5Cl2F/c5-3-2(1-7)4(3)6/h2-4H,1H2. The Balaban J connectivity index is 2.24. The highest BCUT2D eigenvalue weighted by atomic mass is 35.5. The number of halogens is 3. The summed E-state index contributed by atoms with van der Waals surface area (Å²) in [5.74, 6) is -0.0664. The van der Waals surface area contributed by atoms with Crippen LogP contribution in [0.3, 0.4) is 0 Å². The van der Waals surface area contributed by atoms with E-state index in [1.807, 2.05) is 0 Å². The minimum Gasteiger partial charge on any atom is -0.251 e. The third kappa shape index (κ3) is 0.846. The maximum absolute atomic E-state index is 11.5. The van der Waals surface area contributed by atoms with Crippen LogP contribution >= 0.6 is 23.2 Å². The summed E-state index contributed by atoms with van der Waals surface area (Å²) in [6.07, 6.45) is 0. The van der Waals surface area contributed by atoms with Gasteiger partial charge in [0.15, 0.2) is 0 Å². The maximum atomic E-state index is 11.5. The fourth-order valence-electron chi connectivity index (χ4n) is 0.463. The monoisotopic (exact) mass is 142 g/mol. The first-order chi connectivity index (χ1) is 3.27. The molecule has 1 aliphatic carbocycles. The third-order valence-corrected chi connectivity index (χ3v) is 2.48. The lowest BCUT2D eigenvalue weighted by atomic mass is 10.5. The van der Waals surface area contributed by atoms with Crippen molar-refractivity contribution in [2.24, 2.45) is 5.92 Å². The molecule has 0 amide bonds. The molecule has 1 rings (SSSR count). The first-order valence-electron chi connectivity index (χ1n) is 2.11. The van der Waals surface area contributed by atoms with Gasteiger partial charge in [0.05, 0.1) is 17.4 Å². The van der Waals surface area contributed by atoms with Gasteiger partial charge in [0, 0.05) is 5.92 Å². The van der Waals surface area contributed by atoms with Crippen molar-refractivity contribution in [2.75, 3.05) is 6.67 Å². The zero-order chi connectivity index (χ0) is 5.44. The van der Waals surface area contributed by atoms with Crippen LogP contribution in [0.25, 0.3) is 0 Å². The van der Waals surface area contributed by atoms with E-state index >= 15 is 0 Å². The summed E-state index contributed by atoms with van der Waals surface area (Å²) < 4.78 is 11.5. The Morgan fingerprint density at radius 3 is 1.71 bits per heavy atom. The molecule has 0 aromatic carbocycles. The SMILES string of the molecule is FCC1C(Cl)C1Cl. The van der Waals surface area contributed by atoms with Crippen molar-refractivity contribution in [3.05, 3.63) is 0 Å². The summed E-state index contributed by atoms with van der Waals surface area (Å²) in [6, 6.07) is 0. The van der Waals surface area contributed by atoms with E-state index < -0.39 is 0 Å². The Labute approximate surface area is 51.6 Å². The minimum atomic E-state index is -0.373. The molecule has 1 fully saturated rings. The van der Waals surface area contributed by atoms with Gasteiger partial charge in [-0.05, 0) is 0 Å². The molecule has 3 heteroatoms. The molecule has 0 aromatic heterocycles. The first kappa shape index (κ1) is 5.64. The van der Waals surface area contributed by atoms with Gasteiger partial charge >= 0.3 is 0 Å². The second-order valence-corrected chi connectivity index (χ2v) is 2.71. The first-order valence-corrected chi connectivity index (χ1v) is 2.98. The number of hydrogen-bond acceptors (Lipinski definition) is 0. The predicted molar refractivity (Wildman–Crippen MR) is 28.7 cm³/mol. The molecule has 0 heterocycles. The second kappa shape index (κ2) is 1.79. The van der Waals surface area contributed by atoms with Crippen molar-refractivity contribution >= 4 is 23.2 Å². The highest BCUT2D eigenvalue weighted by Gasteiger charge is 2.47. The lowest BCUT2D eigenvalue weighted by Crippen LogP contribution is -1.79. The molecular weight excluding hydrogens is 138 g/mol. The van der Waals surface area contributed by atoms with E-state index in [0.29, 0.717) is 0 Å². The largest absolute Gasteiger partial charge is 0.251 e. The van der Waals surface area contributed by atoms with Crippen LogP contribution in [0.4, 0.5) is 4.39 Å². The van der Waals surface area contributed by atoms with E-state index in [1.165, 1.54) is 0 Å². The van der Waals surface area contributed by atoms with Crippen LogP contribution < -0.4 is 0 Å². The lowest BCUT2D eigenvalue weighted by Gasteiger charge is -1.74. The Kier molecular flexibility index (Phi) is 1.44. The van der Waals surface area contributed by atoms with E-state index in [2.05, 4.69) is 0 Å². The number of alkyl halides is 3. The topological polar surface area (TPSA) is 0 Å². The Morgan fingerprint density at radius 1 is 1.29 bits per heavy atom. The van der Waals surface area contributed by atoms with Crippen molar-refractivity contribution in [1.29, 1.82) is 0 Å². The molecule has 0 aromatic rings. The predicted octanol–water partition coefficient (Wildman–Crippen LogP) is 1.80. The van der Waals surface area contributed by atoms with Crippen molar-refractivity contribution < 1.29 is 4.39 Å². The van der Waals surface area contributed by atoms with Gasteiger partial charge in [-0.3, -0.25) is 4.39 Å². The second-order valence-electron chi connectivity index (χ2n) is 1.71. The average molecular weight is 143 g/mol. The molecule has 2 atom stereocenters. The normalized spacial score (nSPS) is 49.3. The molecule has 0 N–H and O–H groups in total. The Hall–Kier alpha value is 0.510. The Morgan fingerprint density at radius 2 is 1.71 bits per heavy atom. The highest BCUT2D eigenvalue weighted by Crippen LogP contribution is 2.41. The van der Waals surface area contributed by atoms with Crippen LogP contribution in [-0.2, 0) is 0 Å². The number of rotatable bonds is 1. The molecule has 0 bridgehead atoms. The van der Waals surface area contributed by atoms with Gasteiger partial charge in [-0.25, -0.2) is 0 Å². The summed E-state index contributed by atoms with van der Waals surface area (Å²) in [5, 5.41) is -0.210. The van der Waals surface area contributed by atoms with Crippen LogP contribution in [0, 0.1) is 5.92 Å². The summed E-state index contributed by atoms with van der Waals surface area (Å²) in [6.45, 7) is -0.373. The molecule has 2 unspecified atom stereocenters. The van der Waals surface area contributed by atoms with Crippen LogP contribution in [0.15, 0.2) is 0 Å². The van der Waals surface area contributed by atoms with E-state index in [-0.39, 0.29) is 23.3 Å². The van der Waals surface area contributed by atoms with E-state index in [4.69, 9.17) is 23.2 Å². The summed E-state index contributed by atoms with van der Waals surface area (Å²) in [5.41, 5.74) is 0. The van der Waals surface area contributed by atoms with Gasteiger partial charge in [-0.2, -0.15) is 0 Å². The van der Waals surface area contributed by atoms with Gasteiger partial charge in [0.1, 0.15) is 0 Å². The van der Waals surface area contributed by atoms with Gasteiger partial charge in [-0.15, -0.1) is 23.2 Å². The van der Waals surface area contributed by atoms with Crippen molar-refractivity contribution in [3.8, 4) is 0 Å². The summed E-state index contributed by atoms with van der Waals surface area (Å²) in [4.78, 5) is 0. The van der Waals surface area contributed by atoms with Crippen LogP contribution in [0.1, 0.15) is 0 Å². The molecule has 0 saturated heterocycles. The maximum Gasteiger partial charge on any atom is 0.0951 e. The third-order valence-electron chi connectivity index (χ3n) is 1.16. The zero-order valence-corrected chi connectivity index (χ0v) is 5.08. The molecule has 0 radical (unpaired) electrons. The van der Waals surface area contributed by atoms with Gasteiger partial charge in [0.2, 0.25) is 0 Å². The zero-order valence-electron chi connectivity index (χ0n) is 3.57. The van der Waals surface area contributed by atoms with Crippen molar-refractivity contribution in [2.45, 2.75) is 10.8 Å². The molecule has 1 saturated carbocycles. The van der Waals surface area contributed by atoms with E-state index in [1.54, 1.807) is 0 Å². The molecule has 1 aliphatic rings. The Bertz CT molecular complexity index is 68.1. The van der Waals surface area contributed by atoms with Crippen LogP contribution in [0.2, 0.25) is 0 Å². The lowest BCUT2D eigenvalue weighted by molar-refractivity contribution is 0.459. The van der Waals surface area contributed by atoms with Crippen molar-refractivity contribution in [3.63, 3.8) is 0 Å². The quantitative estimate of drug-likeness (QED) is 0.491. The summed E-state index contributed by atoms with van der Waals surface area (Å²) in [7, 11) is 0. The van der Waals surface area contributed by atoms with Gasteiger partial charge in [0.25, 0.3) is 0 Å². The summed E-state index contributed by atoms with van der Waals surface area (Å²) >= 11 is 10.9. The van der Waals surface area contributed by atoms with Crippen LogP contribution in [0.5, 0.6) is 0 Å². The molecule has 42 valence electrons. The fourth-order valence-corrected chi connectivity index (χ4v) is 1.19. The van der Waals surface area contributed by atoms with E-state index in [9.17, 15) is 4.39 Å². The van der Waals surface area contributed by atoms with Crippen LogP contribution in [-0.4, -0.2) is 17.4 Å². The van der Waals surface area contributed by atoms with Gasteiger partial charge in [-0.1, -0.05) is 0 Å². The van der Waals surface area contributed by atoms with E-state index in [0.717, 1.165) is 0 Å². The molecule has 0 nitrogen and oxygen atoms in total. The highest BCUT2D eigenvalue weighted by molar-refractivity contribution is 6.34. The minimum absolute atomic E-state index is 0.0664. The molecule has 0 aliphatic heterocycles. The average Bonchev–Trinajstić information content (AvgIpc) is 2.17. The molecule has 7 heavy (non-hydrogen) atoms. The number of hydrogen-bond donors (Lipinski definition) is 0. The van der Waals surface area contributed by atoms with Gasteiger partial charge < -0.3 is 0 Å². The fraction of sp³-hybridized carbons (Fsp3) is 1.00. The smallest absolute Gasteiger partial charge is 0.0951 e.